The second-order valence-corrected chi connectivity index (χ2v) is 5.10. The van der Waals surface area contributed by atoms with Crippen LogP contribution >= 0.6 is 0 Å². The SMILES string of the molecule is O=C(Nc1ccc(F)c(F)c1)c1cc(OCc2ccccc2)ncn1. The average Bonchev–Trinajstić information content (AvgIpc) is 2.64. The third-order valence-electron chi connectivity index (χ3n) is 3.28. The molecule has 7 heteroatoms. The van der Waals surface area contributed by atoms with E-state index in [1.54, 1.807) is 0 Å². The summed E-state index contributed by atoms with van der Waals surface area (Å²) in [7, 11) is 0. The molecular formula is C18H13F2N3O2. The van der Waals surface area contributed by atoms with Crippen LogP contribution in [-0.2, 0) is 6.61 Å². The fraction of sp³-hybridized carbons (Fsp3) is 0.0556. The number of halogens is 2. The lowest BCUT2D eigenvalue weighted by atomic mass is 10.2. The van der Waals surface area contributed by atoms with E-state index in [1.807, 2.05) is 30.3 Å². The Bertz CT molecular complexity index is 888. The summed E-state index contributed by atoms with van der Waals surface area (Å²) in [6, 6.07) is 13.9. The number of carbonyl (C=O) groups is 1. The van der Waals surface area contributed by atoms with Gasteiger partial charge in [0.05, 0.1) is 0 Å². The largest absolute Gasteiger partial charge is 0.473 e. The van der Waals surface area contributed by atoms with Crippen molar-refractivity contribution in [1.29, 1.82) is 0 Å². The van der Waals surface area contributed by atoms with Gasteiger partial charge in [0.2, 0.25) is 5.88 Å². The second-order valence-electron chi connectivity index (χ2n) is 5.10. The molecule has 5 nitrogen and oxygen atoms in total. The summed E-state index contributed by atoms with van der Waals surface area (Å²) in [4.78, 5) is 20.0. The van der Waals surface area contributed by atoms with Crippen LogP contribution in [0.1, 0.15) is 16.1 Å². The number of ether oxygens (including phenoxy) is 1. The van der Waals surface area contributed by atoms with E-state index in [0.29, 0.717) is 6.61 Å². The molecule has 0 aliphatic carbocycles. The number of nitrogens with zero attached hydrogens (tertiary/aromatic N) is 2. The van der Waals surface area contributed by atoms with Crippen molar-refractivity contribution < 1.29 is 18.3 Å². The van der Waals surface area contributed by atoms with E-state index < -0.39 is 17.5 Å². The molecule has 0 saturated heterocycles. The molecule has 0 unspecified atom stereocenters. The number of amides is 1. The van der Waals surface area contributed by atoms with Gasteiger partial charge >= 0.3 is 0 Å². The Balaban J connectivity index is 1.67. The van der Waals surface area contributed by atoms with E-state index in [-0.39, 0.29) is 17.3 Å². The van der Waals surface area contributed by atoms with Gasteiger partial charge in [0.25, 0.3) is 5.91 Å². The Labute approximate surface area is 142 Å². The van der Waals surface area contributed by atoms with E-state index in [0.717, 1.165) is 17.7 Å². The standard InChI is InChI=1S/C18H13F2N3O2/c19-14-7-6-13(8-15(14)20)23-18(24)16-9-17(22-11-21-16)25-10-12-4-2-1-3-5-12/h1-9,11H,10H2,(H,23,24). The summed E-state index contributed by atoms with van der Waals surface area (Å²) in [5.41, 5.74) is 1.12. The monoisotopic (exact) mass is 341 g/mol. The molecule has 25 heavy (non-hydrogen) atoms. The minimum absolute atomic E-state index is 0.0443. The van der Waals surface area contributed by atoms with Gasteiger partial charge in [-0.2, -0.15) is 0 Å². The Morgan fingerprint density at radius 3 is 2.56 bits per heavy atom. The van der Waals surface area contributed by atoms with Gasteiger partial charge in [-0.25, -0.2) is 18.7 Å². The van der Waals surface area contributed by atoms with E-state index >= 15 is 0 Å². The summed E-state index contributed by atoms with van der Waals surface area (Å²) < 4.78 is 31.6. The van der Waals surface area contributed by atoms with E-state index in [9.17, 15) is 13.6 Å². The highest BCUT2D eigenvalue weighted by molar-refractivity contribution is 6.02. The van der Waals surface area contributed by atoms with Crippen molar-refractivity contribution >= 4 is 11.6 Å². The third-order valence-corrected chi connectivity index (χ3v) is 3.28. The zero-order valence-corrected chi connectivity index (χ0v) is 12.9. The van der Waals surface area contributed by atoms with Gasteiger partial charge in [0.15, 0.2) is 11.6 Å². The molecule has 1 amide bonds. The van der Waals surface area contributed by atoms with Crippen LogP contribution in [0.25, 0.3) is 0 Å². The number of carbonyl (C=O) groups excluding carboxylic acids is 1. The Kier molecular flexibility index (Phi) is 4.94. The molecule has 1 N–H and O–H groups in total. The predicted molar refractivity (Wildman–Crippen MR) is 87.1 cm³/mol. The number of benzene rings is 2. The van der Waals surface area contributed by atoms with Gasteiger partial charge in [0, 0.05) is 17.8 Å². The van der Waals surface area contributed by atoms with Crippen molar-refractivity contribution in [2.24, 2.45) is 0 Å². The van der Waals surface area contributed by atoms with E-state index in [4.69, 9.17) is 4.74 Å². The van der Waals surface area contributed by atoms with Crippen molar-refractivity contribution in [1.82, 2.24) is 9.97 Å². The smallest absolute Gasteiger partial charge is 0.274 e. The lowest BCUT2D eigenvalue weighted by molar-refractivity contribution is 0.102. The fourth-order valence-corrected chi connectivity index (χ4v) is 2.04. The zero-order chi connectivity index (χ0) is 17.6. The fourth-order valence-electron chi connectivity index (χ4n) is 2.04. The Hall–Kier alpha value is -3.35. The molecule has 3 aromatic rings. The quantitative estimate of drug-likeness (QED) is 0.770. The van der Waals surface area contributed by atoms with Gasteiger partial charge < -0.3 is 10.1 Å². The second kappa shape index (κ2) is 7.48. The Morgan fingerprint density at radius 1 is 1.00 bits per heavy atom. The van der Waals surface area contributed by atoms with Crippen molar-refractivity contribution in [3.05, 3.63) is 83.8 Å². The van der Waals surface area contributed by atoms with Crippen molar-refractivity contribution in [2.75, 3.05) is 5.32 Å². The van der Waals surface area contributed by atoms with Gasteiger partial charge in [-0.05, 0) is 17.7 Å². The molecule has 126 valence electrons. The molecule has 1 aromatic heterocycles. The summed E-state index contributed by atoms with van der Waals surface area (Å²) in [5, 5.41) is 2.44. The van der Waals surface area contributed by atoms with Crippen LogP contribution in [0.2, 0.25) is 0 Å². The molecule has 1 heterocycles. The average molecular weight is 341 g/mol. The van der Waals surface area contributed by atoms with Crippen molar-refractivity contribution in [3.8, 4) is 5.88 Å². The molecule has 2 aromatic carbocycles. The lowest BCUT2D eigenvalue weighted by Crippen LogP contribution is -2.14. The highest BCUT2D eigenvalue weighted by atomic mass is 19.2. The van der Waals surface area contributed by atoms with Crippen LogP contribution in [0, 0.1) is 11.6 Å². The first-order valence-electron chi connectivity index (χ1n) is 7.37. The van der Waals surface area contributed by atoms with Crippen LogP contribution in [0.15, 0.2) is 60.9 Å². The van der Waals surface area contributed by atoms with Gasteiger partial charge in [-0.3, -0.25) is 4.79 Å². The number of rotatable bonds is 5. The first kappa shape index (κ1) is 16.5. The molecule has 0 saturated carbocycles. The van der Waals surface area contributed by atoms with Gasteiger partial charge in [0.1, 0.15) is 18.6 Å². The van der Waals surface area contributed by atoms with E-state index in [2.05, 4.69) is 15.3 Å². The number of aromatic nitrogens is 2. The number of hydrogen-bond donors (Lipinski definition) is 1. The third kappa shape index (κ3) is 4.35. The minimum atomic E-state index is -1.05. The molecule has 0 bridgehead atoms. The van der Waals surface area contributed by atoms with Crippen LogP contribution in [-0.4, -0.2) is 15.9 Å². The first-order chi connectivity index (χ1) is 12.1. The van der Waals surface area contributed by atoms with Crippen molar-refractivity contribution in [3.63, 3.8) is 0 Å². The highest BCUT2D eigenvalue weighted by Gasteiger charge is 2.11. The molecule has 0 aliphatic heterocycles. The normalized spacial score (nSPS) is 10.3. The van der Waals surface area contributed by atoms with Crippen LogP contribution in [0.3, 0.4) is 0 Å². The number of hydrogen-bond acceptors (Lipinski definition) is 4. The number of nitrogens with one attached hydrogen (secondary N) is 1. The molecule has 3 rings (SSSR count). The first-order valence-corrected chi connectivity index (χ1v) is 7.37. The molecule has 0 fully saturated rings. The highest BCUT2D eigenvalue weighted by Crippen LogP contribution is 2.15. The summed E-state index contributed by atoms with van der Waals surface area (Å²) in [5.74, 6) is -2.39. The van der Waals surface area contributed by atoms with Gasteiger partial charge in [-0.15, -0.1) is 0 Å². The maximum atomic E-state index is 13.2. The summed E-state index contributed by atoms with van der Waals surface area (Å²) in [6.07, 6.45) is 1.19. The lowest BCUT2D eigenvalue weighted by Gasteiger charge is -2.07. The van der Waals surface area contributed by atoms with Crippen molar-refractivity contribution in [2.45, 2.75) is 6.61 Å². The van der Waals surface area contributed by atoms with Gasteiger partial charge in [-0.1, -0.05) is 30.3 Å². The molecule has 0 aliphatic rings. The zero-order valence-electron chi connectivity index (χ0n) is 12.9. The molecule has 0 spiro atoms. The topological polar surface area (TPSA) is 64.1 Å². The summed E-state index contributed by atoms with van der Waals surface area (Å²) in [6.45, 7) is 0.294. The molecular weight excluding hydrogens is 328 g/mol. The predicted octanol–water partition coefficient (Wildman–Crippen LogP) is 3.59. The van der Waals surface area contributed by atoms with Crippen LogP contribution in [0.5, 0.6) is 5.88 Å². The molecule has 0 atom stereocenters. The van der Waals surface area contributed by atoms with Crippen LogP contribution in [0.4, 0.5) is 14.5 Å². The van der Waals surface area contributed by atoms with E-state index in [1.165, 1.54) is 18.5 Å². The van der Waals surface area contributed by atoms with Crippen LogP contribution < -0.4 is 10.1 Å². The maximum Gasteiger partial charge on any atom is 0.274 e. The minimum Gasteiger partial charge on any atom is -0.473 e. The Morgan fingerprint density at radius 2 is 1.80 bits per heavy atom. The maximum absolute atomic E-state index is 13.2. The number of anilines is 1. The molecule has 0 radical (unpaired) electrons. The summed E-state index contributed by atoms with van der Waals surface area (Å²) >= 11 is 0.